The molecule has 0 spiro atoms. The van der Waals surface area contributed by atoms with Crippen LogP contribution in [0.3, 0.4) is 0 Å². The molecule has 0 aliphatic carbocycles. The van der Waals surface area contributed by atoms with Crippen molar-refractivity contribution in [3.63, 3.8) is 0 Å². The number of hydrogen-bond acceptors (Lipinski definition) is 5. The molecule has 0 saturated heterocycles. The maximum Gasteiger partial charge on any atom is 0.178 e. The Morgan fingerprint density at radius 3 is 2.96 bits per heavy atom. The second-order valence-electron chi connectivity index (χ2n) is 5.02. The van der Waals surface area contributed by atoms with Crippen LogP contribution in [0.15, 0.2) is 36.5 Å². The SMILES string of the molecule is COc1cc(OCCCSC)ccc1-c1nc2ncccc2[nH]1. The van der Waals surface area contributed by atoms with Crippen molar-refractivity contribution in [2.24, 2.45) is 0 Å². The average Bonchev–Trinajstić information content (AvgIpc) is 3.02. The predicted molar refractivity (Wildman–Crippen MR) is 94.4 cm³/mol. The van der Waals surface area contributed by atoms with E-state index < -0.39 is 0 Å². The molecule has 0 radical (unpaired) electrons. The Kier molecular flexibility index (Phi) is 5.02. The van der Waals surface area contributed by atoms with E-state index in [0.29, 0.717) is 12.3 Å². The van der Waals surface area contributed by atoms with E-state index in [0.717, 1.165) is 40.6 Å². The van der Waals surface area contributed by atoms with Crippen molar-refractivity contribution in [2.75, 3.05) is 25.7 Å². The van der Waals surface area contributed by atoms with Crippen LogP contribution in [-0.2, 0) is 0 Å². The number of aromatic amines is 1. The van der Waals surface area contributed by atoms with Gasteiger partial charge in [0.05, 0.1) is 24.8 Å². The molecule has 1 N–H and O–H groups in total. The summed E-state index contributed by atoms with van der Waals surface area (Å²) in [6, 6.07) is 9.63. The summed E-state index contributed by atoms with van der Waals surface area (Å²) in [6.45, 7) is 0.706. The van der Waals surface area contributed by atoms with Crippen molar-refractivity contribution >= 4 is 22.9 Å². The van der Waals surface area contributed by atoms with E-state index in [4.69, 9.17) is 9.47 Å². The molecule has 0 fully saturated rings. The molecule has 2 aromatic heterocycles. The number of pyridine rings is 1. The monoisotopic (exact) mass is 329 g/mol. The number of ether oxygens (including phenoxy) is 2. The Bertz CT molecular complexity index is 755. The van der Waals surface area contributed by atoms with E-state index in [2.05, 4.69) is 21.2 Å². The second-order valence-corrected chi connectivity index (χ2v) is 6.00. The molecule has 0 aliphatic rings. The molecule has 2 heterocycles. The van der Waals surface area contributed by atoms with Crippen LogP contribution in [-0.4, -0.2) is 40.7 Å². The normalized spacial score (nSPS) is 10.9. The van der Waals surface area contributed by atoms with Crippen molar-refractivity contribution in [3.05, 3.63) is 36.5 Å². The van der Waals surface area contributed by atoms with Gasteiger partial charge in [-0.1, -0.05) is 0 Å². The average molecular weight is 329 g/mol. The summed E-state index contributed by atoms with van der Waals surface area (Å²) in [4.78, 5) is 12.0. The largest absolute Gasteiger partial charge is 0.496 e. The molecule has 6 heteroatoms. The lowest BCUT2D eigenvalue weighted by Gasteiger charge is -2.10. The summed E-state index contributed by atoms with van der Waals surface area (Å²) in [5.74, 6) is 3.37. The van der Waals surface area contributed by atoms with Crippen LogP contribution < -0.4 is 9.47 Å². The van der Waals surface area contributed by atoms with Crippen molar-refractivity contribution in [3.8, 4) is 22.9 Å². The first kappa shape index (κ1) is 15.7. The van der Waals surface area contributed by atoms with Crippen LogP contribution in [0.4, 0.5) is 0 Å². The molecule has 0 amide bonds. The van der Waals surface area contributed by atoms with Crippen LogP contribution in [0.2, 0.25) is 0 Å². The minimum Gasteiger partial charge on any atom is -0.496 e. The summed E-state index contributed by atoms with van der Waals surface area (Å²) in [6.07, 6.45) is 4.86. The highest BCUT2D eigenvalue weighted by Crippen LogP contribution is 2.32. The van der Waals surface area contributed by atoms with Crippen LogP contribution in [0.1, 0.15) is 6.42 Å². The van der Waals surface area contributed by atoms with Crippen molar-refractivity contribution in [1.29, 1.82) is 0 Å². The number of methoxy groups -OCH3 is 1. The summed E-state index contributed by atoms with van der Waals surface area (Å²) in [5.41, 5.74) is 2.49. The Balaban J connectivity index is 1.84. The number of nitrogens with one attached hydrogen (secondary N) is 1. The van der Waals surface area contributed by atoms with Gasteiger partial charge in [0.2, 0.25) is 0 Å². The van der Waals surface area contributed by atoms with E-state index >= 15 is 0 Å². The van der Waals surface area contributed by atoms with E-state index in [1.807, 2.05) is 42.1 Å². The van der Waals surface area contributed by atoms with Crippen molar-refractivity contribution in [2.45, 2.75) is 6.42 Å². The van der Waals surface area contributed by atoms with Gasteiger partial charge >= 0.3 is 0 Å². The highest BCUT2D eigenvalue weighted by atomic mass is 32.2. The first-order valence-corrected chi connectivity index (χ1v) is 8.82. The maximum atomic E-state index is 5.76. The Labute approximate surface area is 139 Å². The minimum absolute atomic E-state index is 0.696. The highest BCUT2D eigenvalue weighted by Gasteiger charge is 2.12. The molecule has 0 unspecified atom stereocenters. The molecule has 3 aromatic rings. The molecule has 5 nitrogen and oxygen atoms in total. The highest BCUT2D eigenvalue weighted by molar-refractivity contribution is 7.98. The van der Waals surface area contributed by atoms with Gasteiger partial charge in [-0.05, 0) is 42.7 Å². The molecular weight excluding hydrogens is 310 g/mol. The Morgan fingerprint density at radius 1 is 1.26 bits per heavy atom. The number of rotatable bonds is 7. The lowest BCUT2D eigenvalue weighted by atomic mass is 10.2. The third kappa shape index (κ3) is 3.59. The number of hydrogen-bond donors (Lipinski definition) is 1. The minimum atomic E-state index is 0.696. The quantitative estimate of drug-likeness (QED) is 0.669. The summed E-state index contributed by atoms with van der Waals surface area (Å²) in [7, 11) is 1.65. The van der Waals surface area contributed by atoms with E-state index in [1.54, 1.807) is 13.3 Å². The molecule has 0 aliphatic heterocycles. The first-order valence-electron chi connectivity index (χ1n) is 7.42. The zero-order valence-corrected chi connectivity index (χ0v) is 14.0. The molecule has 0 atom stereocenters. The topological polar surface area (TPSA) is 60.0 Å². The van der Waals surface area contributed by atoms with Gasteiger partial charge in [-0.15, -0.1) is 0 Å². The number of thioether (sulfide) groups is 1. The number of H-pyrrole nitrogens is 1. The number of fused-ring (bicyclic) bond motifs is 1. The van der Waals surface area contributed by atoms with Crippen molar-refractivity contribution < 1.29 is 9.47 Å². The third-order valence-corrected chi connectivity index (χ3v) is 4.14. The second kappa shape index (κ2) is 7.37. The van der Waals surface area contributed by atoms with Crippen molar-refractivity contribution in [1.82, 2.24) is 15.0 Å². The fourth-order valence-corrected chi connectivity index (χ4v) is 2.73. The number of benzene rings is 1. The van der Waals surface area contributed by atoms with Crippen LogP contribution in [0.25, 0.3) is 22.6 Å². The standard InChI is InChI=1S/C17H19N3O2S/c1-21-15-11-12(22-9-4-10-23-2)6-7-13(15)16-19-14-5-3-8-18-17(14)20-16/h3,5-8,11H,4,9-10H2,1-2H3,(H,18,19,20). The van der Waals surface area contributed by atoms with Gasteiger partial charge in [-0.3, -0.25) is 0 Å². The van der Waals surface area contributed by atoms with E-state index in [1.165, 1.54) is 0 Å². The zero-order valence-electron chi connectivity index (χ0n) is 13.2. The summed E-state index contributed by atoms with van der Waals surface area (Å²) >= 11 is 1.82. The van der Waals surface area contributed by atoms with Gasteiger partial charge in [0, 0.05) is 12.3 Å². The third-order valence-electron chi connectivity index (χ3n) is 3.45. The van der Waals surface area contributed by atoms with Crippen LogP contribution in [0.5, 0.6) is 11.5 Å². The van der Waals surface area contributed by atoms with Gasteiger partial charge in [-0.2, -0.15) is 11.8 Å². The fourth-order valence-electron chi connectivity index (χ4n) is 2.32. The van der Waals surface area contributed by atoms with Gasteiger partial charge < -0.3 is 14.5 Å². The smallest absolute Gasteiger partial charge is 0.178 e. The predicted octanol–water partition coefficient (Wildman–Crippen LogP) is 3.77. The zero-order chi connectivity index (χ0) is 16.1. The summed E-state index contributed by atoms with van der Waals surface area (Å²) < 4.78 is 11.3. The lowest BCUT2D eigenvalue weighted by Crippen LogP contribution is -1.99. The van der Waals surface area contributed by atoms with Gasteiger partial charge in [0.25, 0.3) is 0 Å². The molecule has 3 rings (SSSR count). The lowest BCUT2D eigenvalue weighted by molar-refractivity contribution is 0.316. The molecule has 0 saturated carbocycles. The number of aromatic nitrogens is 3. The molecule has 120 valence electrons. The summed E-state index contributed by atoms with van der Waals surface area (Å²) in [5, 5.41) is 0. The number of nitrogens with zero attached hydrogens (tertiary/aromatic N) is 2. The Hall–Kier alpha value is -2.21. The fraction of sp³-hybridized carbons (Fsp3) is 0.294. The first-order chi connectivity index (χ1) is 11.3. The van der Waals surface area contributed by atoms with Gasteiger partial charge in [-0.25, -0.2) is 9.97 Å². The molecular formula is C17H19N3O2S. The van der Waals surface area contributed by atoms with Gasteiger partial charge in [0.15, 0.2) is 5.65 Å². The van der Waals surface area contributed by atoms with E-state index in [-0.39, 0.29) is 0 Å². The molecule has 0 bridgehead atoms. The van der Waals surface area contributed by atoms with E-state index in [9.17, 15) is 0 Å². The maximum absolute atomic E-state index is 5.76. The van der Waals surface area contributed by atoms with Crippen LogP contribution in [0, 0.1) is 0 Å². The Morgan fingerprint density at radius 2 is 2.17 bits per heavy atom. The molecule has 1 aromatic carbocycles. The molecule has 23 heavy (non-hydrogen) atoms. The number of imidazole rings is 1. The van der Waals surface area contributed by atoms with Gasteiger partial charge in [0.1, 0.15) is 17.3 Å². The van der Waals surface area contributed by atoms with Crippen LogP contribution >= 0.6 is 11.8 Å².